The maximum atomic E-state index is 11.6. The van der Waals surface area contributed by atoms with Gasteiger partial charge in [-0.1, -0.05) is 11.3 Å². The number of hydrogen-bond donors (Lipinski definition) is 0. The minimum absolute atomic E-state index is 0.0184. The van der Waals surface area contributed by atoms with Crippen molar-refractivity contribution in [2.45, 2.75) is 6.92 Å². The summed E-state index contributed by atoms with van der Waals surface area (Å²) in [5.74, 6) is -0.0184. The molecule has 0 atom stereocenters. The van der Waals surface area contributed by atoms with Gasteiger partial charge in [-0.3, -0.25) is 9.98 Å². The van der Waals surface area contributed by atoms with Gasteiger partial charge in [-0.25, -0.2) is 13.4 Å². The van der Waals surface area contributed by atoms with Gasteiger partial charge in [-0.2, -0.15) is 0 Å². The van der Waals surface area contributed by atoms with Gasteiger partial charge in [0.05, 0.1) is 16.1 Å². The summed E-state index contributed by atoms with van der Waals surface area (Å²) in [6.45, 7) is 2.52. The predicted molar refractivity (Wildman–Crippen MR) is 132 cm³/mol. The zero-order chi connectivity index (χ0) is 22.6. The van der Waals surface area contributed by atoms with Crippen molar-refractivity contribution in [1.29, 1.82) is 0 Å². The number of hydrogen-bond acceptors (Lipinski definition) is 10. The Bertz CT molecular complexity index is 1330. The Labute approximate surface area is 193 Å². The molecule has 0 amide bonds. The molecule has 0 fully saturated rings. The molecule has 11 heteroatoms. The van der Waals surface area contributed by atoms with Crippen LogP contribution in [0.25, 0.3) is 9.53 Å². The third-order valence-electron chi connectivity index (χ3n) is 4.34. The van der Waals surface area contributed by atoms with Crippen LogP contribution in [0.3, 0.4) is 0 Å². The molecule has 164 valence electrons. The van der Waals surface area contributed by atoms with Crippen molar-refractivity contribution in [2.24, 2.45) is 15.2 Å². The van der Waals surface area contributed by atoms with E-state index in [9.17, 15) is 8.42 Å². The zero-order valence-corrected chi connectivity index (χ0v) is 19.9. The Morgan fingerprint density at radius 1 is 1.03 bits per heavy atom. The minimum Gasteiger partial charge on any atom is -0.358 e. The van der Waals surface area contributed by atoms with E-state index in [4.69, 9.17) is 0 Å². The first-order chi connectivity index (χ1) is 15.4. The van der Waals surface area contributed by atoms with Gasteiger partial charge in [0, 0.05) is 42.0 Å². The van der Waals surface area contributed by atoms with Crippen LogP contribution >= 0.6 is 22.7 Å². The average Bonchev–Trinajstić information content (AvgIpc) is 3.33. The van der Waals surface area contributed by atoms with E-state index in [0.717, 1.165) is 25.8 Å². The van der Waals surface area contributed by atoms with Gasteiger partial charge in [0.25, 0.3) is 0 Å². The molecule has 0 saturated heterocycles. The summed E-state index contributed by atoms with van der Waals surface area (Å²) in [6, 6.07) is 13.1. The molecule has 0 N–H and O–H groups in total. The third kappa shape index (κ3) is 5.81. The average molecular weight is 485 g/mol. The lowest BCUT2D eigenvalue weighted by atomic mass is 10.2. The summed E-state index contributed by atoms with van der Waals surface area (Å²) in [4.78, 5) is 16.7. The Hall–Kier alpha value is -3.02. The fourth-order valence-electron chi connectivity index (χ4n) is 2.88. The summed E-state index contributed by atoms with van der Waals surface area (Å²) in [5.41, 5.74) is 2.35. The van der Waals surface area contributed by atoms with Gasteiger partial charge in [0.15, 0.2) is 9.84 Å². The van der Waals surface area contributed by atoms with Crippen LogP contribution in [-0.2, 0) is 9.84 Å². The van der Waals surface area contributed by atoms with Crippen molar-refractivity contribution < 1.29 is 8.42 Å². The second kappa shape index (κ2) is 9.63. The number of rotatable bonds is 8. The first kappa shape index (κ1) is 22.2. The largest absolute Gasteiger partial charge is 0.358 e. The van der Waals surface area contributed by atoms with Gasteiger partial charge in [-0.15, -0.1) is 21.6 Å². The topological polar surface area (TPSA) is 100 Å². The number of aromatic nitrogens is 2. The molecule has 8 nitrogen and oxygen atoms in total. The summed E-state index contributed by atoms with van der Waals surface area (Å²) in [7, 11) is -3.10. The molecule has 0 unspecified atom stereocenters. The fourth-order valence-corrected chi connectivity index (χ4v) is 5.69. The number of benzene rings is 1. The highest BCUT2D eigenvalue weighted by Gasteiger charge is 2.11. The molecule has 0 aliphatic carbocycles. The second-order valence-corrected chi connectivity index (χ2v) is 11.1. The number of thiophene rings is 1. The Morgan fingerprint density at radius 3 is 2.44 bits per heavy atom. The van der Waals surface area contributed by atoms with Crippen LogP contribution < -0.4 is 4.90 Å². The van der Waals surface area contributed by atoms with E-state index in [-0.39, 0.29) is 5.88 Å². The lowest BCUT2D eigenvalue weighted by Crippen LogP contribution is -2.28. The van der Waals surface area contributed by atoms with Crippen molar-refractivity contribution in [3.05, 3.63) is 59.7 Å². The molecule has 0 aliphatic rings. The molecular formula is C21H20N6O2S3. The Kier molecular flexibility index (Phi) is 6.68. The molecule has 0 aliphatic heterocycles. The highest BCUT2D eigenvalue weighted by molar-refractivity contribution is 7.90. The number of nitrogens with zero attached hydrogens (tertiary/aromatic N) is 6. The molecule has 4 aromatic rings. The van der Waals surface area contributed by atoms with Gasteiger partial charge in [0.2, 0.25) is 5.13 Å². The third-order valence-corrected chi connectivity index (χ3v) is 7.10. The monoisotopic (exact) mass is 484 g/mol. The number of azo groups is 1. The highest BCUT2D eigenvalue weighted by Crippen LogP contribution is 2.34. The smallest absolute Gasteiger partial charge is 0.231 e. The van der Waals surface area contributed by atoms with Crippen molar-refractivity contribution in [3.8, 4) is 0 Å². The number of pyridine rings is 1. The lowest BCUT2D eigenvalue weighted by Gasteiger charge is -2.21. The molecule has 1 aromatic carbocycles. The van der Waals surface area contributed by atoms with Gasteiger partial charge >= 0.3 is 0 Å². The number of aliphatic imine (C=N–C) groups is 1. The summed E-state index contributed by atoms with van der Waals surface area (Å²) < 4.78 is 24.2. The number of anilines is 1. The van der Waals surface area contributed by atoms with Crippen LogP contribution in [-0.4, -0.2) is 43.3 Å². The SMILES string of the molecule is CCN(CS(C)(=O)=O)c1ccc(N=Nc2nc3sc(C=Nc4ccncc4)cc3s2)cc1. The van der Waals surface area contributed by atoms with E-state index in [1.165, 1.54) is 17.6 Å². The molecule has 0 saturated carbocycles. The van der Waals surface area contributed by atoms with Crippen molar-refractivity contribution in [2.75, 3.05) is 23.6 Å². The number of fused-ring (bicyclic) bond motifs is 1. The van der Waals surface area contributed by atoms with E-state index in [1.54, 1.807) is 28.6 Å². The predicted octanol–water partition coefficient (Wildman–Crippen LogP) is 5.75. The zero-order valence-electron chi connectivity index (χ0n) is 17.4. The van der Waals surface area contributed by atoms with Crippen molar-refractivity contribution in [3.63, 3.8) is 0 Å². The second-order valence-electron chi connectivity index (χ2n) is 6.91. The summed E-state index contributed by atoms with van der Waals surface area (Å²) in [5, 5.41) is 9.09. The van der Waals surface area contributed by atoms with Crippen LogP contribution in [0, 0.1) is 0 Å². The fraction of sp³-hybridized carbons (Fsp3) is 0.190. The van der Waals surface area contributed by atoms with Crippen molar-refractivity contribution >= 4 is 70.4 Å². The summed E-state index contributed by atoms with van der Waals surface area (Å²) >= 11 is 3.02. The van der Waals surface area contributed by atoms with Crippen LogP contribution in [0.4, 0.5) is 22.2 Å². The van der Waals surface area contributed by atoms with Gasteiger partial charge < -0.3 is 4.90 Å². The number of thiazole rings is 1. The molecule has 0 bridgehead atoms. The molecule has 4 rings (SSSR count). The van der Waals surface area contributed by atoms with E-state index >= 15 is 0 Å². The van der Waals surface area contributed by atoms with Crippen LogP contribution in [0.1, 0.15) is 11.8 Å². The maximum Gasteiger partial charge on any atom is 0.231 e. The molecule has 32 heavy (non-hydrogen) atoms. The molecule has 0 spiro atoms. The normalized spacial score (nSPS) is 12.3. The Balaban J connectivity index is 1.43. The van der Waals surface area contributed by atoms with Gasteiger partial charge in [-0.05, 0) is 49.4 Å². The quantitative estimate of drug-likeness (QED) is 0.234. The maximum absolute atomic E-state index is 11.6. The Morgan fingerprint density at radius 2 is 1.78 bits per heavy atom. The van der Waals surface area contributed by atoms with E-state index in [1.807, 2.05) is 55.6 Å². The number of sulfone groups is 1. The van der Waals surface area contributed by atoms with Crippen LogP contribution in [0.2, 0.25) is 0 Å². The van der Waals surface area contributed by atoms with E-state index in [2.05, 4.69) is 25.2 Å². The van der Waals surface area contributed by atoms with Crippen LogP contribution in [0.5, 0.6) is 0 Å². The molecule has 0 radical (unpaired) electrons. The van der Waals surface area contributed by atoms with Gasteiger partial charge in [0.1, 0.15) is 10.7 Å². The lowest BCUT2D eigenvalue weighted by molar-refractivity contribution is 0.599. The standard InChI is InChI=1S/C21H20N6O2S3/c1-3-27(14-32(2,28)29)17-6-4-16(5-7-17)25-26-21-24-20-19(31-21)12-18(30-20)13-23-15-8-10-22-11-9-15/h4-13H,3,14H2,1-2H3. The van der Waals surface area contributed by atoms with E-state index in [0.29, 0.717) is 17.4 Å². The van der Waals surface area contributed by atoms with Crippen molar-refractivity contribution in [1.82, 2.24) is 9.97 Å². The molecule has 3 heterocycles. The molecular weight excluding hydrogens is 464 g/mol. The highest BCUT2D eigenvalue weighted by atomic mass is 32.2. The first-order valence-corrected chi connectivity index (χ1v) is 13.4. The minimum atomic E-state index is -3.10. The summed E-state index contributed by atoms with van der Waals surface area (Å²) in [6.07, 6.45) is 6.47. The first-order valence-electron chi connectivity index (χ1n) is 9.68. The molecule has 3 aromatic heterocycles. The van der Waals surface area contributed by atoms with E-state index < -0.39 is 9.84 Å². The van der Waals surface area contributed by atoms with Crippen LogP contribution in [0.15, 0.2) is 70.1 Å².